The van der Waals surface area contributed by atoms with Crippen LogP contribution in [0.1, 0.15) is 43.7 Å². The van der Waals surface area contributed by atoms with Gasteiger partial charge in [-0.1, -0.05) is 25.5 Å². The molecule has 1 unspecified atom stereocenters. The molecule has 1 aromatic carbocycles. The molecule has 5 nitrogen and oxygen atoms in total. The summed E-state index contributed by atoms with van der Waals surface area (Å²) in [4.78, 5) is 26.3. The summed E-state index contributed by atoms with van der Waals surface area (Å²) >= 11 is 0. The fourth-order valence-corrected chi connectivity index (χ4v) is 3.11. The number of carbonyl (C=O) groups excluding carboxylic acids is 2. The van der Waals surface area contributed by atoms with Gasteiger partial charge in [0.05, 0.1) is 6.04 Å². The van der Waals surface area contributed by atoms with E-state index in [2.05, 4.69) is 5.32 Å². The number of amides is 2. The van der Waals surface area contributed by atoms with Crippen molar-refractivity contribution < 1.29 is 14.0 Å². The third kappa shape index (κ3) is 5.26. The highest BCUT2D eigenvalue weighted by Crippen LogP contribution is 2.19. The van der Waals surface area contributed by atoms with Gasteiger partial charge in [-0.25, -0.2) is 4.39 Å². The maximum absolute atomic E-state index is 13.5. The number of halogens is 1. The summed E-state index contributed by atoms with van der Waals surface area (Å²) in [6.07, 6.45) is 2.84. The number of nitrogens with two attached hydrogens (primary N) is 1. The largest absolute Gasteiger partial charge is 0.352 e. The van der Waals surface area contributed by atoms with Crippen LogP contribution >= 0.6 is 0 Å². The molecule has 1 aliphatic rings. The van der Waals surface area contributed by atoms with E-state index < -0.39 is 6.04 Å². The van der Waals surface area contributed by atoms with Crippen molar-refractivity contribution in [2.45, 2.75) is 52.1 Å². The monoisotopic (exact) mass is 349 g/mol. The van der Waals surface area contributed by atoms with E-state index in [1.54, 1.807) is 17.9 Å². The number of benzene rings is 1. The Morgan fingerprint density at radius 2 is 2.04 bits per heavy atom. The summed E-state index contributed by atoms with van der Waals surface area (Å²) in [6.45, 7) is 5.15. The first-order valence-corrected chi connectivity index (χ1v) is 8.99. The van der Waals surface area contributed by atoms with Gasteiger partial charge in [0.25, 0.3) is 0 Å². The summed E-state index contributed by atoms with van der Waals surface area (Å²) < 4.78 is 13.5. The van der Waals surface area contributed by atoms with E-state index in [4.69, 9.17) is 5.73 Å². The van der Waals surface area contributed by atoms with Gasteiger partial charge in [-0.3, -0.25) is 9.59 Å². The average molecular weight is 349 g/mol. The molecule has 0 aromatic heterocycles. The summed E-state index contributed by atoms with van der Waals surface area (Å²) in [6, 6.07) is 4.54. The van der Waals surface area contributed by atoms with Crippen LogP contribution in [0.2, 0.25) is 0 Å². The second-order valence-corrected chi connectivity index (χ2v) is 6.80. The number of likely N-dealkylation sites (tertiary alicyclic amines) is 1. The molecule has 138 valence electrons. The summed E-state index contributed by atoms with van der Waals surface area (Å²) in [5.74, 6) is -0.425. The van der Waals surface area contributed by atoms with Crippen LogP contribution in [0.5, 0.6) is 0 Å². The summed E-state index contributed by atoms with van der Waals surface area (Å²) in [5.41, 5.74) is 7.22. The molecule has 3 N–H and O–H groups in total. The van der Waals surface area contributed by atoms with Gasteiger partial charge in [-0.05, 0) is 43.4 Å². The molecular weight excluding hydrogens is 321 g/mol. The number of hydrogen-bond acceptors (Lipinski definition) is 3. The highest BCUT2D eigenvalue weighted by Gasteiger charge is 2.29. The van der Waals surface area contributed by atoms with E-state index in [0.717, 1.165) is 12.0 Å². The lowest BCUT2D eigenvalue weighted by Gasteiger charge is -2.33. The standard InChI is InChI=1S/C19H28FN3O2/c1-3-4-17(21)19(25)23-9-7-15(8-10-23)18(24)22-12-14-6-5-13(2)16(20)11-14/h5-6,11,15,17H,3-4,7-10,12,21H2,1-2H3,(H,22,24). The van der Waals surface area contributed by atoms with Gasteiger partial charge >= 0.3 is 0 Å². The van der Waals surface area contributed by atoms with E-state index in [0.29, 0.717) is 44.5 Å². The van der Waals surface area contributed by atoms with E-state index >= 15 is 0 Å². The lowest BCUT2D eigenvalue weighted by Crippen LogP contribution is -2.48. The van der Waals surface area contributed by atoms with Crippen molar-refractivity contribution in [1.82, 2.24) is 10.2 Å². The average Bonchev–Trinajstić information content (AvgIpc) is 2.62. The summed E-state index contributed by atoms with van der Waals surface area (Å²) in [7, 11) is 0. The number of rotatable bonds is 6. The highest BCUT2D eigenvalue weighted by molar-refractivity contribution is 5.82. The zero-order valence-electron chi connectivity index (χ0n) is 15.1. The van der Waals surface area contributed by atoms with Crippen LogP contribution in [0.25, 0.3) is 0 Å². The minimum absolute atomic E-state index is 0.0177. The number of hydrogen-bond donors (Lipinski definition) is 2. The van der Waals surface area contributed by atoms with Gasteiger partial charge < -0.3 is 16.0 Å². The second-order valence-electron chi connectivity index (χ2n) is 6.80. The molecule has 1 heterocycles. The van der Waals surface area contributed by atoms with Crippen molar-refractivity contribution >= 4 is 11.8 Å². The van der Waals surface area contributed by atoms with Gasteiger partial charge in [0.2, 0.25) is 11.8 Å². The zero-order valence-corrected chi connectivity index (χ0v) is 15.1. The normalized spacial score (nSPS) is 16.6. The molecule has 0 saturated carbocycles. The molecule has 2 amide bonds. The molecule has 1 aromatic rings. The van der Waals surface area contributed by atoms with Crippen LogP contribution in [0, 0.1) is 18.7 Å². The second kappa shape index (κ2) is 8.94. The first-order chi connectivity index (χ1) is 11.9. The molecule has 0 radical (unpaired) electrons. The van der Waals surface area contributed by atoms with Crippen molar-refractivity contribution in [2.24, 2.45) is 11.7 Å². The highest BCUT2D eigenvalue weighted by atomic mass is 19.1. The molecule has 1 aliphatic heterocycles. The Morgan fingerprint density at radius 1 is 1.36 bits per heavy atom. The lowest BCUT2D eigenvalue weighted by molar-refractivity contribution is -0.136. The molecule has 0 aliphatic carbocycles. The molecule has 25 heavy (non-hydrogen) atoms. The Labute approximate surface area is 148 Å². The lowest BCUT2D eigenvalue weighted by atomic mass is 9.95. The number of carbonyl (C=O) groups is 2. The van der Waals surface area contributed by atoms with E-state index in [9.17, 15) is 14.0 Å². The molecule has 0 spiro atoms. The minimum Gasteiger partial charge on any atom is -0.352 e. The first-order valence-electron chi connectivity index (χ1n) is 8.99. The van der Waals surface area contributed by atoms with Crippen molar-refractivity contribution in [3.8, 4) is 0 Å². The Bertz CT molecular complexity index is 613. The van der Waals surface area contributed by atoms with Gasteiger partial charge in [-0.2, -0.15) is 0 Å². The Balaban J connectivity index is 1.79. The maximum atomic E-state index is 13.5. The third-order valence-corrected chi connectivity index (χ3v) is 4.80. The van der Waals surface area contributed by atoms with Crippen LogP contribution in [-0.2, 0) is 16.1 Å². The SMILES string of the molecule is CCCC(N)C(=O)N1CCC(C(=O)NCc2ccc(C)c(F)c2)CC1. The van der Waals surface area contributed by atoms with E-state index in [1.165, 1.54) is 6.07 Å². The Kier molecular flexibility index (Phi) is 6.93. The Morgan fingerprint density at radius 3 is 2.64 bits per heavy atom. The number of piperidine rings is 1. The molecule has 2 rings (SSSR count). The molecule has 6 heteroatoms. The molecule has 1 atom stereocenters. The van der Waals surface area contributed by atoms with Crippen LogP contribution in [0.4, 0.5) is 4.39 Å². The number of aryl methyl sites for hydroxylation is 1. The third-order valence-electron chi connectivity index (χ3n) is 4.80. The van der Waals surface area contributed by atoms with Crippen LogP contribution < -0.4 is 11.1 Å². The van der Waals surface area contributed by atoms with Crippen molar-refractivity contribution in [3.05, 3.63) is 35.1 Å². The predicted octanol–water partition coefficient (Wildman–Crippen LogP) is 2.12. The van der Waals surface area contributed by atoms with E-state index in [-0.39, 0.29) is 23.5 Å². The maximum Gasteiger partial charge on any atom is 0.239 e. The molecule has 1 fully saturated rings. The van der Waals surface area contributed by atoms with Crippen molar-refractivity contribution in [2.75, 3.05) is 13.1 Å². The van der Waals surface area contributed by atoms with Crippen molar-refractivity contribution in [1.29, 1.82) is 0 Å². The van der Waals surface area contributed by atoms with Crippen LogP contribution in [0.3, 0.4) is 0 Å². The smallest absolute Gasteiger partial charge is 0.239 e. The topological polar surface area (TPSA) is 75.4 Å². The van der Waals surface area contributed by atoms with Gasteiger partial charge in [0.1, 0.15) is 5.82 Å². The van der Waals surface area contributed by atoms with E-state index in [1.807, 2.05) is 13.0 Å². The van der Waals surface area contributed by atoms with Crippen LogP contribution in [0.15, 0.2) is 18.2 Å². The van der Waals surface area contributed by atoms with Crippen molar-refractivity contribution in [3.63, 3.8) is 0 Å². The van der Waals surface area contributed by atoms with Gasteiger partial charge in [0, 0.05) is 25.6 Å². The molecule has 1 saturated heterocycles. The fraction of sp³-hybridized carbons (Fsp3) is 0.579. The molecule has 0 bridgehead atoms. The zero-order chi connectivity index (χ0) is 18.4. The molecular formula is C19H28FN3O2. The van der Waals surface area contributed by atoms with Gasteiger partial charge in [-0.15, -0.1) is 0 Å². The van der Waals surface area contributed by atoms with Crippen LogP contribution in [-0.4, -0.2) is 35.8 Å². The fourth-order valence-electron chi connectivity index (χ4n) is 3.11. The first kappa shape index (κ1) is 19.4. The number of nitrogens with zero attached hydrogens (tertiary/aromatic N) is 1. The number of nitrogens with one attached hydrogen (secondary N) is 1. The summed E-state index contributed by atoms with van der Waals surface area (Å²) in [5, 5.41) is 2.87. The quantitative estimate of drug-likeness (QED) is 0.826. The Hall–Kier alpha value is -1.95. The van der Waals surface area contributed by atoms with Gasteiger partial charge in [0.15, 0.2) is 0 Å². The minimum atomic E-state index is -0.438. The predicted molar refractivity (Wildman–Crippen MR) is 95.2 cm³/mol.